The largest absolute Gasteiger partial charge is 0.507 e. The minimum absolute atomic E-state index is 0.368. The van der Waals surface area contributed by atoms with Crippen molar-refractivity contribution in [3.8, 4) is 5.75 Å². The first-order valence-electron chi connectivity index (χ1n) is 13.5. The first-order valence-corrected chi connectivity index (χ1v) is 13.5. The summed E-state index contributed by atoms with van der Waals surface area (Å²) in [5, 5.41) is 25.6. The van der Waals surface area contributed by atoms with Crippen molar-refractivity contribution in [1.82, 2.24) is 0 Å². The normalized spacial score (nSPS) is 11.6. The smallest absolute Gasteiger partial charge is 0.124 e. The molecule has 0 aromatic heterocycles. The van der Waals surface area contributed by atoms with Crippen molar-refractivity contribution in [3.05, 3.63) is 102 Å². The highest BCUT2D eigenvalue weighted by atomic mass is 16.3. The molecule has 0 aliphatic heterocycles. The van der Waals surface area contributed by atoms with E-state index in [0.717, 1.165) is 23.6 Å². The van der Waals surface area contributed by atoms with Gasteiger partial charge in [0.2, 0.25) is 0 Å². The Labute approximate surface area is 218 Å². The average molecular weight is 481 g/mol. The van der Waals surface area contributed by atoms with Gasteiger partial charge in [-0.15, -0.1) is 0 Å². The maximum atomic E-state index is 10.6. The van der Waals surface area contributed by atoms with Gasteiger partial charge in [0.1, 0.15) is 5.75 Å². The summed E-state index contributed by atoms with van der Waals surface area (Å²) in [5.41, 5.74) is 2.86. The van der Waals surface area contributed by atoms with Crippen LogP contribution in [0.5, 0.6) is 5.75 Å². The summed E-state index contributed by atoms with van der Waals surface area (Å²) < 4.78 is 0. The van der Waals surface area contributed by atoms with Crippen molar-refractivity contribution in [1.29, 1.82) is 0 Å². The predicted molar refractivity (Wildman–Crippen MR) is 163 cm³/mol. The van der Waals surface area contributed by atoms with Gasteiger partial charge in [-0.25, -0.2) is 0 Å². The molecule has 0 saturated heterocycles. The molecule has 0 aliphatic carbocycles. The summed E-state index contributed by atoms with van der Waals surface area (Å²) in [6, 6.07) is 32.6. The quantitative estimate of drug-likeness (QED) is 0.193. The summed E-state index contributed by atoms with van der Waals surface area (Å²) in [6.45, 7) is 8.36. The Bertz CT molecular complexity index is 1880. The topological polar surface area (TPSA) is 20.2 Å². The zero-order valence-electron chi connectivity index (χ0n) is 22.0. The maximum Gasteiger partial charge on any atom is 0.124 e. The molecule has 0 fully saturated rings. The molecule has 1 nitrogen and oxygen atoms in total. The van der Waals surface area contributed by atoms with Crippen LogP contribution >= 0.6 is 0 Å². The molecule has 1 N–H and O–H groups in total. The number of rotatable bonds is 2. The molecule has 8 aromatic rings. The lowest BCUT2D eigenvalue weighted by molar-refractivity contribution is 0.482. The molecule has 182 valence electrons. The van der Waals surface area contributed by atoms with Crippen molar-refractivity contribution in [3.63, 3.8) is 0 Å². The molecule has 1 heteroatoms. The van der Waals surface area contributed by atoms with Crippen LogP contribution in [0.2, 0.25) is 0 Å². The van der Waals surface area contributed by atoms with Crippen molar-refractivity contribution in [2.24, 2.45) is 0 Å². The third kappa shape index (κ3) is 3.45. The molecule has 0 heterocycles. The molecule has 0 radical (unpaired) electrons. The Morgan fingerprint density at radius 3 is 1.16 bits per heavy atom. The van der Waals surface area contributed by atoms with Gasteiger partial charge in [0.25, 0.3) is 0 Å². The number of aromatic hydroxyl groups is 1. The highest BCUT2D eigenvalue weighted by Crippen LogP contribution is 2.49. The SMILES string of the molecule is CC.CCc1ccc(CC)cc1.Oc1cc2ccc3ccc4ccc5ccc6ccc1c1c6c5c4c3c21. The molecule has 0 amide bonds. The van der Waals surface area contributed by atoms with Gasteiger partial charge in [0.15, 0.2) is 0 Å². The molecule has 0 saturated carbocycles. The van der Waals surface area contributed by atoms with Crippen LogP contribution in [-0.2, 0) is 12.8 Å². The molecule has 0 unspecified atom stereocenters. The fraction of sp³-hybridized carbons (Fsp3) is 0.167. The van der Waals surface area contributed by atoms with E-state index in [1.807, 2.05) is 19.9 Å². The van der Waals surface area contributed by atoms with E-state index in [9.17, 15) is 5.11 Å². The molecule has 0 aliphatic rings. The van der Waals surface area contributed by atoms with E-state index in [-0.39, 0.29) is 0 Å². The number of aryl methyl sites for hydroxylation is 2. The lowest BCUT2D eigenvalue weighted by Gasteiger charge is -2.20. The summed E-state index contributed by atoms with van der Waals surface area (Å²) in [5.74, 6) is 0.368. The van der Waals surface area contributed by atoms with Crippen molar-refractivity contribution in [2.45, 2.75) is 40.5 Å². The van der Waals surface area contributed by atoms with Crippen LogP contribution in [0, 0.1) is 0 Å². The molecular formula is C36H32O. The molecule has 0 spiro atoms. The third-order valence-corrected chi connectivity index (χ3v) is 7.82. The lowest BCUT2D eigenvalue weighted by atomic mass is 9.83. The second kappa shape index (κ2) is 9.09. The van der Waals surface area contributed by atoms with E-state index >= 15 is 0 Å². The summed E-state index contributed by atoms with van der Waals surface area (Å²) in [4.78, 5) is 0. The van der Waals surface area contributed by atoms with Crippen molar-refractivity contribution in [2.75, 3.05) is 0 Å². The van der Waals surface area contributed by atoms with E-state index in [1.54, 1.807) is 0 Å². The van der Waals surface area contributed by atoms with E-state index < -0.39 is 0 Å². The van der Waals surface area contributed by atoms with Crippen LogP contribution in [0.4, 0.5) is 0 Å². The number of hydrogen-bond acceptors (Lipinski definition) is 1. The number of hydrogen-bond donors (Lipinski definition) is 1. The van der Waals surface area contributed by atoms with Crippen LogP contribution in [0.1, 0.15) is 38.8 Å². The van der Waals surface area contributed by atoms with Gasteiger partial charge in [-0.3, -0.25) is 0 Å². The van der Waals surface area contributed by atoms with Crippen molar-refractivity contribution >= 4 is 64.6 Å². The van der Waals surface area contributed by atoms with Crippen LogP contribution < -0.4 is 0 Å². The summed E-state index contributed by atoms with van der Waals surface area (Å²) in [7, 11) is 0. The predicted octanol–water partition coefficient (Wildman–Crippen LogP) is 10.5. The van der Waals surface area contributed by atoms with Gasteiger partial charge in [-0.05, 0) is 83.9 Å². The van der Waals surface area contributed by atoms with Gasteiger partial charge < -0.3 is 5.11 Å². The Hall–Kier alpha value is -4.10. The zero-order valence-corrected chi connectivity index (χ0v) is 22.0. The van der Waals surface area contributed by atoms with Gasteiger partial charge >= 0.3 is 0 Å². The zero-order chi connectivity index (χ0) is 25.7. The minimum atomic E-state index is 0.368. The Kier molecular flexibility index (Phi) is 5.72. The second-order valence-corrected chi connectivity index (χ2v) is 9.66. The van der Waals surface area contributed by atoms with Crippen LogP contribution in [-0.4, -0.2) is 5.11 Å². The second-order valence-electron chi connectivity index (χ2n) is 9.66. The van der Waals surface area contributed by atoms with E-state index in [0.29, 0.717) is 5.75 Å². The summed E-state index contributed by atoms with van der Waals surface area (Å²) in [6.07, 6.45) is 2.29. The molecule has 37 heavy (non-hydrogen) atoms. The average Bonchev–Trinajstić information content (AvgIpc) is 2.97. The van der Waals surface area contributed by atoms with Crippen LogP contribution in [0.15, 0.2) is 91.0 Å². The fourth-order valence-corrected chi connectivity index (χ4v) is 5.98. The molecular weight excluding hydrogens is 448 g/mol. The van der Waals surface area contributed by atoms with Gasteiger partial charge in [0.05, 0.1) is 0 Å². The molecule has 8 rings (SSSR count). The van der Waals surface area contributed by atoms with Gasteiger partial charge in [-0.1, -0.05) is 113 Å². The Morgan fingerprint density at radius 2 is 0.757 bits per heavy atom. The Morgan fingerprint density at radius 1 is 0.432 bits per heavy atom. The molecule has 0 atom stereocenters. The molecule has 0 bridgehead atoms. The lowest BCUT2D eigenvalue weighted by Crippen LogP contribution is -1.92. The monoisotopic (exact) mass is 480 g/mol. The third-order valence-electron chi connectivity index (χ3n) is 7.82. The highest BCUT2D eigenvalue weighted by molar-refractivity contribution is 6.44. The first kappa shape index (κ1) is 23.3. The summed E-state index contributed by atoms with van der Waals surface area (Å²) >= 11 is 0. The van der Waals surface area contributed by atoms with Crippen molar-refractivity contribution < 1.29 is 5.11 Å². The van der Waals surface area contributed by atoms with E-state index in [1.165, 1.54) is 65.0 Å². The van der Waals surface area contributed by atoms with Gasteiger partial charge in [-0.2, -0.15) is 0 Å². The van der Waals surface area contributed by atoms with E-state index in [2.05, 4.69) is 98.8 Å². The highest BCUT2D eigenvalue weighted by Gasteiger charge is 2.20. The number of phenols is 1. The number of benzene rings is 8. The fourth-order valence-electron chi connectivity index (χ4n) is 5.98. The van der Waals surface area contributed by atoms with Crippen LogP contribution in [0.3, 0.4) is 0 Å². The van der Waals surface area contributed by atoms with Crippen LogP contribution in [0.25, 0.3) is 64.6 Å². The number of phenolic OH excluding ortho intramolecular Hbond substituents is 1. The Balaban J connectivity index is 0.000000179. The standard InChI is InChI=1S/C24H12O.C10H14.C2H6/c25-18-11-16-8-7-14-4-2-12-1-3-13-5-6-15-9-10-17(18)24-22(15)20(13)19(12)21(14)23(16)24;1-3-9-5-7-10(4-2)8-6-9;1-2/h1-11,25H;5-8H,3-4H2,1-2H3;1-2H3. The van der Waals surface area contributed by atoms with E-state index in [4.69, 9.17) is 0 Å². The molecule has 8 aromatic carbocycles. The first-order chi connectivity index (χ1) is 18.2. The minimum Gasteiger partial charge on any atom is -0.507 e. The van der Waals surface area contributed by atoms with Gasteiger partial charge in [0, 0.05) is 10.8 Å². The maximum absolute atomic E-state index is 10.6.